The highest BCUT2D eigenvalue weighted by Crippen LogP contribution is 2.15. The Morgan fingerprint density at radius 3 is 3.05 bits per heavy atom. The average molecular weight is 265 g/mol. The van der Waals surface area contributed by atoms with Gasteiger partial charge in [0.05, 0.1) is 18.8 Å². The van der Waals surface area contributed by atoms with Gasteiger partial charge in [-0.25, -0.2) is 0 Å². The van der Waals surface area contributed by atoms with E-state index >= 15 is 0 Å². The largest absolute Gasteiger partial charge is 0.484 e. The van der Waals surface area contributed by atoms with E-state index in [1.54, 1.807) is 0 Å². The molecule has 0 saturated carbocycles. The summed E-state index contributed by atoms with van der Waals surface area (Å²) >= 11 is 0. The van der Waals surface area contributed by atoms with Crippen molar-refractivity contribution in [1.82, 2.24) is 5.32 Å². The Labute approximate surface area is 112 Å². The van der Waals surface area contributed by atoms with E-state index in [9.17, 15) is 9.90 Å². The fourth-order valence-corrected chi connectivity index (χ4v) is 2.00. The van der Waals surface area contributed by atoms with Crippen LogP contribution in [0.25, 0.3) is 0 Å². The van der Waals surface area contributed by atoms with E-state index in [0.29, 0.717) is 18.8 Å². The summed E-state index contributed by atoms with van der Waals surface area (Å²) in [6.07, 6.45) is -0.0202. The summed E-state index contributed by atoms with van der Waals surface area (Å²) in [5, 5.41) is 12.4. The van der Waals surface area contributed by atoms with E-state index in [1.807, 2.05) is 31.2 Å². The lowest BCUT2D eigenvalue weighted by molar-refractivity contribution is -0.126. The third-order valence-electron chi connectivity index (χ3n) is 3.13. The fraction of sp³-hybridized carbons (Fsp3) is 0.500. The van der Waals surface area contributed by atoms with E-state index in [-0.39, 0.29) is 25.2 Å². The maximum atomic E-state index is 11.8. The first-order chi connectivity index (χ1) is 9.16. The van der Waals surface area contributed by atoms with Crippen molar-refractivity contribution >= 4 is 5.91 Å². The van der Waals surface area contributed by atoms with Crippen LogP contribution in [0.1, 0.15) is 12.0 Å². The van der Waals surface area contributed by atoms with Crippen LogP contribution in [0.2, 0.25) is 0 Å². The molecule has 1 aromatic rings. The van der Waals surface area contributed by atoms with Crippen LogP contribution >= 0.6 is 0 Å². The van der Waals surface area contributed by atoms with E-state index < -0.39 is 6.10 Å². The second-order valence-electron chi connectivity index (χ2n) is 4.66. The fourth-order valence-electron chi connectivity index (χ4n) is 2.00. The zero-order valence-corrected chi connectivity index (χ0v) is 11.0. The number of aliphatic hydroxyl groups is 1. The van der Waals surface area contributed by atoms with E-state index in [4.69, 9.17) is 9.47 Å². The molecule has 0 radical (unpaired) electrons. The maximum absolute atomic E-state index is 11.8. The lowest BCUT2D eigenvalue weighted by Gasteiger charge is -2.28. The van der Waals surface area contributed by atoms with Crippen molar-refractivity contribution in [2.45, 2.75) is 25.5 Å². The van der Waals surface area contributed by atoms with Gasteiger partial charge < -0.3 is 19.9 Å². The normalized spacial score (nSPS) is 22.8. The zero-order valence-electron chi connectivity index (χ0n) is 11.0. The van der Waals surface area contributed by atoms with Gasteiger partial charge in [-0.1, -0.05) is 18.2 Å². The number of carbonyl (C=O) groups excluding carboxylic acids is 1. The highest BCUT2D eigenvalue weighted by molar-refractivity contribution is 5.78. The molecule has 1 heterocycles. The van der Waals surface area contributed by atoms with Gasteiger partial charge in [0, 0.05) is 6.61 Å². The Kier molecular flexibility index (Phi) is 4.76. The Morgan fingerprint density at radius 2 is 2.32 bits per heavy atom. The molecule has 1 aromatic carbocycles. The summed E-state index contributed by atoms with van der Waals surface area (Å²) in [6, 6.07) is 7.28. The molecule has 19 heavy (non-hydrogen) atoms. The minimum Gasteiger partial charge on any atom is -0.484 e. The van der Waals surface area contributed by atoms with Crippen molar-refractivity contribution in [3.63, 3.8) is 0 Å². The standard InChI is InChI=1S/C14H19NO4/c1-10-4-2-3-5-13(10)19-9-14(17)15-11-6-7-18-8-12(11)16/h2-5,11-12,16H,6-9H2,1H3,(H,15,17)/t11-,12-/m1/s1. The van der Waals surface area contributed by atoms with Crippen molar-refractivity contribution < 1.29 is 19.4 Å². The number of benzene rings is 1. The predicted molar refractivity (Wildman–Crippen MR) is 70.0 cm³/mol. The Hall–Kier alpha value is -1.59. The van der Waals surface area contributed by atoms with Gasteiger partial charge in [-0.15, -0.1) is 0 Å². The molecule has 2 N–H and O–H groups in total. The highest BCUT2D eigenvalue weighted by Gasteiger charge is 2.25. The van der Waals surface area contributed by atoms with Crippen molar-refractivity contribution in [1.29, 1.82) is 0 Å². The van der Waals surface area contributed by atoms with Crippen LogP contribution < -0.4 is 10.1 Å². The number of aliphatic hydroxyl groups excluding tert-OH is 1. The molecule has 1 amide bonds. The number of aryl methyl sites for hydroxylation is 1. The zero-order chi connectivity index (χ0) is 13.7. The Morgan fingerprint density at radius 1 is 1.53 bits per heavy atom. The lowest BCUT2D eigenvalue weighted by Crippen LogP contribution is -2.49. The summed E-state index contributed by atoms with van der Waals surface area (Å²) in [5.74, 6) is 0.472. The number of rotatable bonds is 4. The molecule has 0 aliphatic carbocycles. The first-order valence-corrected chi connectivity index (χ1v) is 6.40. The van der Waals surface area contributed by atoms with Crippen molar-refractivity contribution in [2.75, 3.05) is 19.8 Å². The SMILES string of the molecule is Cc1ccccc1OCC(=O)N[C@@H]1CCOC[C@H]1O. The number of nitrogens with one attached hydrogen (secondary N) is 1. The maximum Gasteiger partial charge on any atom is 0.258 e. The molecule has 0 aromatic heterocycles. The van der Waals surface area contributed by atoms with E-state index in [2.05, 4.69) is 5.32 Å². The number of ether oxygens (including phenoxy) is 2. The molecule has 1 saturated heterocycles. The van der Waals surface area contributed by atoms with E-state index in [1.165, 1.54) is 0 Å². The Bertz CT molecular complexity index is 435. The van der Waals surface area contributed by atoms with Gasteiger partial charge in [0.1, 0.15) is 5.75 Å². The molecular weight excluding hydrogens is 246 g/mol. The summed E-state index contributed by atoms with van der Waals surface area (Å²) in [4.78, 5) is 11.8. The van der Waals surface area contributed by atoms with Crippen LogP contribution in [0.4, 0.5) is 0 Å². The molecule has 0 bridgehead atoms. The number of carbonyl (C=O) groups is 1. The second kappa shape index (κ2) is 6.54. The first-order valence-electron chi connectivity index (χ1n) is 6.40. The quantitative estimate of drug-likeness (QED) is 0.838. The first kappa shape index (κ1) is 13.8. The summed E-state index contributed by atoms with van der Waals surface area (Å²) in [7, 11) is 0. The molecule has 2 atom stereocenters. The minimum absolute atomic E-state index is 0.0467. The highest BCUT2D eigenvalue weighted by atomic mass is 16.5. The van der Waals surface area contributed by atoms with Crippen LogP contribution in [0.5, 0.6) is 5.75 Å². The van der Waals surface area contributed by atoms with E-state index in [0.717, 1.165) is 5.56 Å². The van der Waals surface area contributed by atoms with Gasteiger partial charge in [-0.2, -0.15) is 0 Å². The topological polar surface area (TPSA) is 67.8 Å². The van der Waals surface area contributed by atoms with Crippen LogP contribution in [-0.4, -0.2) is 43.0 Å². The van der Waals surface area contributed by atoms with Crippen LogP contribution in [0.15, 0.2) is 24.3 Å². The van der Waals surface area contributed by atoms with Crippen LogP contribution in [-0.2, 0) is 9.53 Å². The molecule has 0 spiro atoms. The molecule has 0 unspecified atom stereocenters. The smallest absolute Gasteiger partial charge is 0.258 e. The van der Waals surface area contributed by atoms with Crippen molar-refractivity contribution in [3.05, 3.63) is 29.8 Å². The lowest BCUT2D eigenvalue weighted by atomic mass is 10.1. The average Bonchev–Trinajstić information content (AvgIpc) is 2.40. The Balaban J connectivity index is 1.80. The van der Waals surface area contributed by atoms with Gasteiger partial charge in [0.15, 0.2) is 6.61 Å². The predicted octanol–water partition coefficient (Wildman–Crippen LogP) is 0.640. The second-order valence-corrected chi connectivity index (χ2v) is 4.66. The molecular formula is C14H19NO4. The van der Waals surface area contributed by atoms with Gasteiger partial charge in [0.25, 0.3) is 5.91 Å². The minimum atomic E-state index is -0.642. The molecule has 104 valence electrons. The summed E-state index contributed by atoms with van der Waals surface area (Å²) < 4.78 is 10.6. The molecule has 1 fully saturated rings. The summed E-state index contributed by atoms with van der Waals surface area (Å²) in [6.45, 7) is 2.70. The monoisotopic (exact) mass is 265 g/mol. The molecule has 2 rings (SSSR count). The van der Waals surface area contributed by atoms with Gasteiger partial charge in [0.2, 0.25) is 0 Å². The van der Waals surface area contributed by atoms with Gasteiger partial charge in [-0.3, -0.25) is 4.79 Å². The van der Waals surface area contributed by atoms with Gasteiger partial charge in [-0.05, 0) is 25.0 Å². The third kappa shape index (κ3) is 3.94. The van der Waals surface area contributed by atoms with Crippen LogP contribution in [0, 0.1) is 6.92 Å². The van der Waals surface area contributed by atoms with Gasteiger partial charge >= 0.3 is 0 Å². The summed E-state index contributed by atoms with van der Waals surface area (Å²) in [5.41, 5.74) is 0.987. The molecule has 5 nitrogen and oxygen atoms in total. The van der Waals surface area contributed by atoms with Crippen molar-refractivity contribution in [2.24, 2.45) is 0 Å². The van der Waals surface area contributed by atoms with Crippen LogP contribution in [0.3, 0.4) is 0 Å². The number of hydrogen-bond donors (Lipinski definition) is 2. The number of amides is 1. The molecule has 1 aliphatic rings. The molecule has 1 aliphatic heterocycles. The third-order valence-corrected chi connectivity index (χ3v) is 3.13. The van der Waals surface area contributed by atoms with Crippen molar-refractivity contribution in [3.8, 4) is 5.75 Å². The molecule has 5 heteroatoms. The number of para-hydroxylation sites is 1. The number of hydrogen-bond acceptors (Lipinski definition) is 4.